The lowest BCUT2D eigenvalue weighted by molar-refractivity contribution is -0.114. The Kier molecular flexibility index (Phi) is 4.53. The van der Waals surface area contributed by atoms with Gasteiger partial charge >= 0.3 is 0 Å². The lowest BCUT2D eigenvalue weighted by Gasteiger charge is -2.05. The van der Waals surface area contributed by atoms with Crippen molar-refractivity contribution in [2.45, 2.75) is 13.3 Å². The number of hydrogen-bond donors (Lipinski definition) is 1. The average Bonchev–Trinajstić information content (AvgIpc) is 2.41. The predicted octanol–water partition coefficient (Wildman–Crippen LogP) is 3.72. The van der Waals surface area contributed by atoms with E-state index in [2.05, 4.69) is 5.32 Å². The monoisotopic (exact) mass is 287 g/mol. The van der Waals surface area contributed by atoms with Crippen molar-refractivity contribution in [3.63, 3.8) is 0 Å². The number of rotatable bonds is 4. The second-order valence-corrected chi connectivity index (χ2v) is 4.92. The maximum atomic E-state index is 12.1. The molecule has 0 bridgehead atoms. The highest BCUT2D eigenvalue weighted by Crippen LogP contribution is 2.14. The van der Waals surface area contributed by atoms with Crippen molar-refractivity contribution in [3.8, 4) is 0 Å². The molecular formula is C16H14ClNO2. The van der Waals surface area contributed by atoms with E-state index in [1.54, 1.807) is 36.4 Å². The molecule has 0 spiro atoms. The van der Waals surface area contributed by atoms with E-state index in [0.29, 0.717) is 17.0 Å². The van der Waals surface area contributed by atoms with Crippen LogP contribution in [0.4, 0.5) is 5.69 Å². The molecule has 0 aromatic heterocycles. The molecule has 0 aliphatic rings. The van der Waals surface area contributed by atoms with Gasteiger partial charge in [-0.1, -0.05) is 23.7 Å². The summed E-state index contributed by atoms with van der Waals surface area (Å²) < 4.78 is 0. The highest BCUT2D eigenvalue weighted by molar-refractivity contribution is 6.30. The molecule has 2 aromatic rings. The van der Waals surface area contributed by atoms with E-state index >= 15 is 0 Å². The van der Waals surface area contributed by atoms with Gasteiger partial charge in [-0.2, -0.15) is 0 Å². The molecule has 2 aromatic carbocycles. The van der Waals surface area contributed by atoms with Crippen LogP contribution in [-0.4, -0.2) is 11.7 Å². The molecule has 2 rings (SSSR count). The fraction of sp³-hybridized carbons (Fsp3) is 0.125. The summed E-state index contributed by atoms with van der Waals surface area (Å²) in [6.45, 7) is 1.46. The Hall–Kier alpha value is -2.13. The van der Waals surface area contributed by atoms with E-state index in [1.165, 1.54) is 6.92 Å². The molecule has 0 aliphatic carbocycles. The zero-order chi connectivity index (χ0) is 14.5. The van der Waals surface area contributed by atoms with Gasteiger partial charge in [0.25, 0.3) is 0 Å². The number of anilines is 1. The number of carbonyl (C=O) groups excluding carboxylic acids is 2. The molecule has 0 aliphatic heterocycles. The summed E-state index contributed by atoms with van der Waals surface area (Å²) in [7, 11) is 0. The maximum absolute atomic E-state index is 12.1. The van der Waals surface area contributed by atoms with Gasteiger partial charge < -0.3 is 5.32 Å². The van der Waals surface area contributed by atoms with Crippen LogP contribution >= 0.6 is 11.6 Å². The first kappa shape index (κ1) is 14.3. The Morgan fingerprint density at radius 1 is 1.00 bits per heavy atom. The third kappa shape index (κ3) is 3.93. The normalized spacial score (nSPS) is 10.1. The number of halogens is 1. The molecule has 0 saturated heterocycles. The number of nitrogens with one attached hydrogen (secondary N) is 1. The van der Waals surface area contributed by atoms with Gasteiger partial charge in [0.05, 0.1) is 0 Å². The van der Waals surface area contributed by atoms with Gasteiger partial charge in [-0.3, -0.25) is 9.59 Å². The summed E-state index contributed by atoms with van der Waals surface area (Å²) >= 11 is 5.79. The quantitative estimate of drug-likeness (QED) is 0.871. The van der Waals surface area contributed by atoms with Crippen LogP contribution < -0.4 is 5.32 Å². The number of ketones is 1. The zero-order valence-electron chi connectivity index (χ0n) is 11.0. The van der Waals surface area contributed by atoms with Gasteiger partial charge in [-0.25, -0.2) is 0 Å². The largest absolute Gasteiger partial charge is 0.326 e. The van der Waals surface area contributed by atoms with Crippen LogP contribution in [0, 0.1) is 0 Å². The number of hydrogen-bond acceptors (Lipinski definition) is 2. The molecule has 0 unspecified atom stereocenters. The van der Waals surface area contributed by atoms with Gasteiger partial charge in [0.1, 0.15) is 0 Å². The highest BCUT2D eigenvalue weighted by atomic mass is 35.5. The minimum atomic E-state index is -0.116. The van der Waals surface area contributed by atoms with Crippen LogP contribution in [0.15, 0.2) is 48.5 Å². The molecule has 0 atom stereocenters. The predicted molar refractivity (Wildman–Crippen MR) is 80.2 cm³/mol. The van der Waals surface area contributed by atoms with Crippen LogP contribution in [0.5, 0.6) is 0 Å². The Balaban J connectivity index is 2.04. The zero-order valence-corrected chi connectivity index (χ0v) is 11.8. The molecule has 0 saturated carbocycles. The Labute approximate surface area is 122 Å². The number of amides is 1. The minimum Gasteiger partial charge on any atom is -0.326 e. The minimum absolute atomic E-state index is 0.0361. The third-order valence-electron chi connectivity index (χ3n) is 2.81. The van der Waals surface area contributed by atoms with E-state index in [1.807, 2.05) is 12.1 Å². The number of benzene rings is 2. The fourth-order valence-electron chi connectivity index (χ4n) is 1.83. The molecule has 0 heterocycles. The summed E-state index contributed by atoms with van der Waals surface area (Å²) in [4.78, 5) is 23.0. The van der Waals surface area contributed by atoms with Crippen molar-refractivity contribution < 1.29 is 9.59 Å². The average molecular weight is 288 g/mol. The second-order valence-electron chi connectivity index (χ2n) is 4.48. The van der Waals surface area contributed by atoms with E-state index in [4.69, 9.17) is 11.6 Å². The molecule has 0 fully saturated rings. The van der Waals surface area contributed by atoms with E-state index in [-0.39, 0.29) is 11.7 Å². The molecule has 1 N–H and O–H groups in total. The Morgan fingerprint density at radius 3 is 2.15 bits per heavy atom. The molecular weight excluding hydrogens is 274 g/mol. The molecule has 1 amide bonds. The summed E-state index contributed by atoms with van der Waals surface area (Å²) in [6, 6.07) is 14.1. The molecule has 4 heteroatoms. The maximum Gasteiger partial charge on any atom is 0.221 e. The topological polar surface area (TPSA) is 46.2 Å². The Bertz CT molecular complexity index is 618. The second kappa shape index (κ2) is 6.35. The van der Waals surface area contributed by atoms with Gasteiger partial charge in [0.2, 0.25) is 5.91 Å². The first-order valence-electron chi connectivity index (χ1n) is 6.20. The van der Waals surface area contributed by atoms with Crippen molar-refractivity contribution in [1.29, 1.82) is 0 Å². The number of carbonyl (C=O) groups is 2. The van der Waals surface area contributed by atoms with E-state index in [9.17, 15) is 9.59 Å². The SMILES string of the molecule is CC(=O)Nc1ccc(CC(=O)c2ccc(Cl)cc2)cc1. The van der Waals surface area contributed by atoms with Crippen LogP contribution in [-0.2, 0) is 11.2 Å². The molecule has 102 valence electrons. The molecule has 20 heavy (non-hydrogen) atoms. The first-order valence-corrected chi connectivity index (χ1v) is 6.58. The fourth-order valence-corrected chi connectivity index (χ4v) is 1.96. The van der Waals surface area contributed by atoms with E-state index in [0.717, 1.165) is 11.3 Å². The van der Waals surface area contributed by atoms with Crippen molar-refractivity contribution in [2.75, 3.05) is 5.32 Å². The van der Waals surface area contributed by atoms with Crippen molar-refractivity contribution in [2.24, 2.45) is 0 Å². The van der Waals surface area contributed by atoms with Gasteiger partial charge in [-0.05, 0) is 42.0 Å². The summed E-state index contributed by atoms with van der Waals surface area (Å²) in [5, 5.41) is 3.30. The molecule has 3 nitrogen and oxygen atoms in total. The van der Waals surface area contributed by atoms with Crippen molar-refractivity contribution in [1.82, 2.24) is 0 Å². The van der Waals surface area contributed by atoms with Crippen LogP contribution in [0.1, 0.15) is 22.8 Å². The van der Waals surface area contributed by atoms with Crippen LogP contribution in [0.2, 0.25) is 5.02 Å². The number of Topliss-reactive ketones (excluding diaryl/α,β-unsaturated/α-hetero) is 1. The molecule has 0 radical (unpaired) electrons. The smallest absolute Gasteiger partial charge is 0.221 e. The summed E-state index contributed by atoms with van der Waals surface area (Å²) in [5.41, 5.74) is 2.26. The lowest BCUT2D eigenvalue weighted by atomic mass is 10.0. The van der Waals surface area contributed by atoms with Crippen LogP contribution in [0.3, 0.4) is 0 Å². The standard InChI is InChI=1S/C16H14ClNO2/c1-11(19)18-15-8-2-12(3-9-15)10-16(20)13-4-6-14(17)7-5-13/h2-9H,10H2,1H3,(H,18,19). The Morgan fingerprint density at radius 2 is 1.60 bits per heavy atom. The van der Waals surface area contributed by atoms with Crippen molar-refractivity contribution in [3.05, 3.63) is 64.7 Å². The van der Waals surface area contributed by atoms with Gasteiger partial charge in [0.15, 0.2) is 5.78 Å². The highest BCUT2D eigenvalue weighted by Gasteiger charge is 2.07. The van der Waals surface area contributed by atoms with Crippen molar-refractivity contribution >= 4 is 29.0 Å². The van der Waals surface area contributed by atoms with E-state index < -0.39 is 0 Å². The summed E-state index contributed by atoms with van der Waals surface area (Å²) in [6.07, 6.45) is 0.321. The van der Waals surface area contributed by atoms with Gasteiger partial charge in [-0.15, -0.1) is 0 Å². The first-order chi connectivity index (χ1) is 9.54. The summed E-state index contributed by atoms with van der Waals surface area (Å²) in [5.74, 6) is -0.0797. The van der Waals surface area contributed by atoms with Gasteiger partial charge in [0, 0.05) is 29.6 Å². The lowest BCUT2D eigenvalue weighted by Crippen LogP contribution is -2.06. The third-order valence-corrected chi connectivity index (χ3v) is 3.06. The van der Waals surface area contributed by atoms with Crippen LogP contribution in [0.25, 0.3) is 0 Å².